The zero-order chi connectivity index (χ0) is 25.1. The van der Waals surface area contributed by atoms with Crippen LogP contribution < -0.4 is 0 Å². The molecule has 0 atom stereocenters. The Kier molecular flexibility index (Phi) is 4.76. The lowest BCUT2D eigenvalue weighted by atomic mass is 10.0. The molecule has 2 heteroatoms. The lowest BCUT2D eigenvalue weighted by Crippen LogP contribution is -1.97. The Labute approximate surface area is 224 Å². The van der Waals surface area contributed by atoms with Crippen LogP contribution in [0.4, 0.5) is 0 Å². The van der Waals surface area contributed by atoms with Crippen LogP contribution in [0.1, 0.15) is 0 Å². The van der Waals surface area contributed by atoms with Crippen molar-refractivity contribution in [3.63, 3.8) is 0 Å². The van der Waals surface area contributed by atoms with Gasteiger partial charge in [0.15, 0.2) is 0 Å². The predicted molar refractivity (Wildman–Crippen MR) is 166 cm³/mol. The van der Waals surface area contributed by atoms with Crippen molar-refractivity contribution in [3.8, 4) is 5.69 Å². The summed E-state index contributed by atoms with van der Waals surface area (Å²) in [6, 6.07) is 50.9. The number of aromatic nitrogens is 1. The maximum Gasteiger partial charge on any atom is 0.0555 e. The number of thiophene rings is 1. The molecule has 178 valence electrons. The molecule has 0 fully saturated rings. The molecule has 0 saturated carbocycles. The molecule has 0 N–H and O–H groups in total. The van der Waals surface area contributed by atoms with Gasteiger partial charge in [0.05, 0.1) is 11.0 Å². The van der Waals surface area contributed by atoms with Gasteiger partial charge in [0.1, 0.15) is 0 Å². The molecule has 0 saturated heterocycles. The molecule has 1 nitrogen and oxygen atoms in total. The fourth-order valence-corrected chi connectivity index (χ4v) is 7.07. The van der Waals surface area contributed by atoms with Crippen molar-refractivity contribution in [3.05, 3.63) is 140 Å². The fraction of sp³-hybridized carbons (Fsp3) is 0. The van der Waals surface area contributed by atoms with Crippen molar-refractivity contribution in [2.45, 2.75) is 0 Å². The van der Waals surface area contributed by atoms with Crippen LogP contribution in [0.2, 0.25) is 0 Å². The van der Waals surface area contributed by atoms with Gasteiger partial charge in [-0.25, -0.2) is 0 Å². The first-order valence-electron chi connectivity index (χ1n) is 13.0. The monoisotopic (exact) mass is 501 g/mol. The maximum atomic E-state index is 2.45. The number of fused-ring (bicyclic) bond motifs is 10. The summed E-state index contributed by atoms with van der Waals surface area (Å²) in [6.07, 6.45) is 0. The molecule has 38 heavy (non-hydrogen) atoms. The first-order chi connectivity index (χ1) is 18.9. The molecule has 0 aliphatic carbocycles. The average Bonchev–Trinajstić information content (AvgIpc) is 3.36. The lowest BCUT2D eigenvalue weighted by Gasteiger charge is -2.14. The zero-order valence-electron chi connectivity index (χ0n) is 20.6. The summed E-state index contributed by atoms with van der Waals surface area (Å²) in [6.45, 7) is 0. The van der Waals surface area contributed by atoms with Crippen molar-refractivity contribution < 1.29 is 0 Å². The standard InChI is InChI=1S/C36H23NS/c1-2-12-24(13-3-1)37-33-20-10-8-18-29(33)27-16-6-4-14-25(27)26-15-5-7-17-28(26)31-22-32-30-19-9-11-21-35(30)38-36(32)23-34(31)37/h1-23H. The smallest absolute Gasteiger partial charge is 0.0555 e. The number of hydrogen-bond acceptors (Lipinski definition) is 1. The summed E-state index contributed by atoms with van der Waals surface area (Å²) in [4.78, 5) is 0. The largest absolute Gasteiger partial charge is 0.309 e. The molecule has 0 radical (unpaired) electrons. The van der Waals surface area contributed by atoms with E-state index in [0.29, 0.717) is 0 Å². The van der Waals surface area contributed by atoms with Gasteiger partial charge in [-0.1, -0.05) is 103 Å². The first-order valence-corrected chi connectivity index (χ1v) is 13.8. The topological polar surface area (TPSA) is 4.93 Å². The normalized spacial score (nSPS) is 11.7. The second kappa shape index (κ2) is 8.44. The second-order valence-electron chi connectivity index (χ2n) is 9.74. The Hall–Kier alpha value is -4.66. The number of nitrogens with zero attached hydrogens (tertiary/aromatic N) is 1. The molecule has 6 aromatic carbocycles. The van der Waals surface area contributed by atoms with Crippen LogP contribution in [0, 0.1) is 0 Å². The van der Waals surface area contributed by atoms with Crippen LogP contribution in [0.5, 0.6) is 0 Å². The van der Waals surface area contributed by atoms with E-state index < -0.39 is 0 Å². The zero-order valence-corrected chi connectivity index (χ0v) is 21.5. The van der Waals surface area contributed by atoms with Gasteiger partial charge in [-0.15, -0.1) is 11.3 Å². The summed E-state index contributed by atoms with van der Waals surface area (Å²) in [7, 11) is 0. The molecule has 0 aliphatic rings. The van der Waals surface area contributed by atoms with E-state index in [1.54, 1.807) is 0 Å². The maximum absolute atomic E-state index is 2.45. The first kappa shape index (κ1) is 21.4. The number of hydrogen-bond donors (Lipinski definition) is 0. The van der Waals surface area contributed by atoms with Crippen molar-refractivity contribution in [2.24, 2.45) is 0 Å². The molecule has 0 amide bonds. The Bertz CT molecular complexity index is 2230. The van der Waals surface area contributed by atoms with E-state index in [1.165, 1.54) is 63.5 Å². The number of benzene rings is 6. The van der Waals surface area contributed by atoms with Crippen LogP contribution in [-0.2, 0) is 0 Å². The van der Waals surface area contributed by atoms with Crippen molar-refractivity contribution >= 4 is 74.9 Å². The van der Waals surface area contributed by atoms with Crippen LogP contribution >= 0.6 is 11.3 Å². The molecule has 0 bridgehead atoms. The van der Waals surface area contributed by atoms with Crippen LogP contribution in [0.25, 0.3) is 69.2 Å². The molecule has 8 rings (SSSR count). The fourth-order valence-electron chi connectivity index (χ4n) is 5.95. The molecular weight excluding hydrogens is 478 g/mol. The van der Waals surface area contributed by atoms with Gasteiger partial charge < -0.3 is 4.57 Å². The third-order valence-electron chi connectivity index (χ3n) is 7.62. The van der Waals surface area contributed by atoms with Gasteiger partial charge in [0, 0.05) is 36.6 Å². The minimum Gasteiger partial charge on any atom is -0.309 e. The molecule has 0 spiro atoms. The van der Waals surface area contributed by atoms with Gasteiger partial charge in [-0.2, -0.15) is 0 Å². The summed E-state index contributed by atoms with van der Waals surface area (Å²) in [5.74, 6) is 0. The van der Waals surface area contributed by atoms with E-state index >= 15 is 0 Å². The van der Waals surface area contributed by atoms with Gasteiger partial charge in [0.25, 0.3) is 0 Å². The molecule has 8 aromatic rings. The molecule has 2 heterocycles. The number of rotatable bonds is 1. The van der Waals surface area contributed by atoms with Crippen LogP contribution in [0.15, 0.2) is 140 Å². The van der Waals surface area contributed by atoms with Crippen molar-refractivity contribution in [1.29, 1.82) is 0 Å². The van der Waals surface area contributed by atoms with Crippen molar-refractivity contribution in [1.82, 2.24) is 4.57 Å². The average molecular weight is 502 g/mol. The van der Waals surface area contributed by atoms with Crippen LogP contribution in [-0.4, -0.2) is 4.57 Å². The number of para-hydroxylation sites is 2. The molecule has 0 unspecified atom stereocenters. The van der Waals surface area contributed by atoms with Gasteiger partial charge in [-0.3, -0.25) is 0 Å². The summed E-state index contributed by atoms with van der Waals surface area (Å²) in [5, 5.41) is 10.1. The van der Waals surface area contributed by atoms with E-state index in [0.717, 1.165) is 5.69 Å². The summed E-state index contributed by atoms with van der Waals surface area (Å²) >= 11 is 1.87. The Balaban J connectivity index is 1.79. The predicted octanol–water partition coefficient (Wildman–Crippen LogP) is 10.6. The van der Waals surface area contributed by atoms with Crippen molar-refractivity contribution in [2.75, 3.05) is 0 Å². The Morgan fingerprint density at radius 1 is 0.342 bits per heavy atom. The highest BCUT2D eigenvalue weighted by atomic mass is 32.1. The van der Waals surface area contributed by atoms with Crippen LogP contribution in [0.3, 0.4) is 0 Å². The third-order valence-corrected chi connectivity index (χ3v) is 8.75. The molecule has 0 aliphatic heterocycles. The van der Waals surface area contributed by atoms with Gasteiger partial charge in [-0.05, 0) is 57.9 Å². The Morgan fingerprint density at radius 3 is 1.58 bits per heavy atom. The molecular formula is C36H23NS. The highest BCUT2D eigenvalue weighted by molar-refractivity contribution is 7.25. The van der Waals surface area contributed by atoms with E-state index in [1.807, 2.05) is 11.3 Å². The Morgan fingerprint density at radius 2 is 0.868 bits per heavy atom. The van der Waals surface area contributed by atoms with E-state index in [2.05, 4.69) is 144 Å². The summed E-state index contributed by atoms with van der Waals surface area (Å²) < 4.78 is 5.08. The SMILES string of the molecule is c1ccc(-n2c3ccccc3c3ccccc3c3ccccc3c3cc4c(cc32)sc2ccccc24)cc1. The minimum atomic E-state index is 1.15. The lowest BCUT2D eigenvalue weighted by molar-refractivity contribution is 1.17. The quantitative estimate of drug-likeness (QED) is 0.211. The van der Waals surface area contributed by atoms with E-state index in [4.69, 9.17) is 0 Å². The molecule has 2 aromatic heterocycles. The highest BCUT2D eigenvalue weighted by Gasteiger charge is 2.13. The van der Waals surface area contributed by atoms with E-state index in [-0.39, 0.29) is 0 Å². The minimum absolute atomic E-state index is 1.15. The van der Waals surface area contributed by atoms with E-state index in [9.17, 15) is 0 Å². The van der Waals surface area contributed by atoms with Gasteiger partial charge >= 0.3 is 0 Å². The summed E-state index contributed by atoms with van der Waals surface area (Å²) in [5.41, 5.74) is 3.53. The second-order valence-corrected chi connectivity index (χ2v) is 10.8. The highest BCUT2D eigenvalue weighted by Crippen LogP contribution is 2.40. The third kappa shape index (κ3) is 3.17. The van der Waals surface area contributed by atoms with Gasteiger partial charge in [0.2, 0.25) is 0 Å².